The summed E-state index contributed by atoms with van der Waals surface area (Å²) in [5.74, 6) is 0.561. The summed E-state index contributed by atoms with van der Waals surface area (Å²) in [6.07, 6.45) is 5.71. The minimum absolute atomic E-state index is 0.0393. The number of ether oxygens (including phenoxy) is 1. The van der Waals surface area contributed by atoms with Crippen LogP contribution in [0.5, 0.6) is 5.88 Å². The lowest BCUT2D eigenvalue weighted by Crippen LogP contribution is -2.58. The zero-order valence-electron chi connectivity index (χ0n) is 19.2. The topological polar surface area (TPSA) is 118 Å². The van der Waals surface area contributed by atoms with Gasteiger partial charge in [-0.25, -0.2) is 28.1 Å². The maximum absolute atomic E-state index is 12.4. The van der Waals surface area contributed by atoms with Gasteiger partial charge in [-0.2, -0.15) is 5.10 Å². The highest BCUT2D eigenvalue weighted by molar-refractivity contribution is 5.77. The van der Waals surface area contributed by atoms with Gasteiger partial charge in [0, 0.05) is 18.2 Å². The molecule has 1 amide bonds. The first-order valence-electron chi connectivity index (χ1n) is 11.0. The molecule has 2 N–H and O–H groups in total. The van der Waals surface area contributed by atoms with Crippen molar-refractivity contribution in [2.24, 2.45) is 5.41 Å². The summed E-state index contributed by atoms with van der Waals surface area (Å²) < 4.78 is 31.2. The summed E-state index contributed by atoms with van der Waals surface area (Å²) >= 11 is 0. The summed E-state index contributed by atoms with van der Waals surface area (Å²) in [4.78, 5) is 26.4. The van der Waals surface area contributed by atoms with E-state index in [1.54, 1.807) is 18.6 Å². The maximum atomic E-state index is 12.4. The summed E-state index contributed by atoms with van der Waals surface area (Å²) in [6.45, 7) is 5.84. The number of anilines is 1. The van der Waals surface area contributed by atoms with Gasteiger partial charge >= 0.3 is 6.09 Å². The lowest BCUT2D eigenvalue weighted by Gasteiger charge is -2.47. The van der Waals surface area contributed by atoms with Crippen LogP contribution in [0.25, 0.3) is 16.8 Å². The molecule has 182 valence electrons. The van der Waals surface area contributed by atoms with Crippen LogP contribution < -0.4 is 10.1 Å². The van der Waals surface area contributed by atoms with Crippen LogP contribution in [0, 0.1) is 5.41 Å². The molecule has 4 rings (SSSR count). The Balaban J connectivity index is 1.58. The number of alkyl halides is 2. The van der Waals surface area contributed by atoms with Crippen LogP contribution in [0.4, 0.5) is 19.4 Å². The minimum atomic E-state index is -2.60. The van der Waals surface area contributed by atoms with Gasteiger partial charge in [0.05, 0.1) is 48.2 Å². The number of nitrogens with zero attached hydrogens (tertiary/aromatic N) is 6. The molecule has 1 aliphatic rings. The van der Waals surface area contributed by atoms with Crippen LogP contribution in [-0.4, -0.2) is 72.3 Å². The van der Waals surface area contributed by atoms with Crippen LogP contribution in [0.15, 0.2) is 31.0 Å². The normalized spacial score (nSPS) is 18.9. The Kier molecular flexibility index (Phi) is 6.49. The molecule has 1 fully saturated rings. The van der Waals surface area contributed by atoms with E-state index in [0.29, 0.717) is 29.1 Å². The van der Waals surface area contributed by atoms with E-state index in [4.69, 9.17) is 4.74 Å². The second-order valence-corrected chi connectivity index (χ2v) is 9.29. The Labute approximate surface area is 195 Å². The molecule has 34 heavy (non-hydrogen) atoms. The molecule has 12 heteroatoms. The second kappa shape index (κ2) is 9.35. The Morgan fingerprint density at radius 2 is 2.09 bits per heavy atom. The average Bonchev–Trinajstić information content (AvgIpc) is 3.20. The average molecular weight is 476 g/mol. The first-order chi connectivity index (χ1) is 16.1. The van der Waals surface area contributed by atoms with Gasteiger partial charge < -0.3 is 20.1 Å². The highest BCUT2D eigenvalue weighted by atomic mass is 19.3. The number of carbonyl (C=O) groups is 1. The van der Waals surface area contributed by atoms with Crippen molar-refractivity contribution in [1.29, 1.82) is 0 Å². The standard InChI is InChI=1S/C22H27F2N7O3/c1-22(2,3)20-14(5-4-6-30(20)21(32)33)28-18-10-25-8-15(29-18)13-7-27-31-11-19(26-9-16(13)31)34-12-17(23)24/h7-11,14,17,20H,4-6,12H2,1-3H3,(H,28,29)(H,32,33)/t14-,20?/m1/s1. The highest BCUT2D eigenvalue weighted by Gasteiger charge is 2.41. The zero-order valence-corrected chi connectivity index (χ0v) is 19.2. The van der Waals surface area contributed by atoms with Crippen molar-refractivity contribution in [2.45, 2.75) is 52.1 Å². The molecule has 1 aliphatic heterocycles. The third-order valence-corrected chi connectivity index (χ3v) is 5.75. The van der Waals surface area contributed by atoms with Crippen LogP contribution in [0.3, 0.4) is 0 Å². The monoisotopic (exact) mass is 475 g/mol. The van der Waals surface area contributed by atoms with Crippen molar-refractivity contribution in [2.75, 3.05) is 18.5 Å². The molecular weight excluding hydrogens is 448 g/mol. The number of aromatic nitrogens is 5. The van der Waals surface area contributed by atoms with Crippen molar-refractivity contribution >= 4 is 17.4 Å². The summed E-state index contributed by atoms with van der Waals surface area (Å²) in [7, 11) is 0. The molecule has 0 aromatic carbocycles. The van der Waals surface area contributed by atoms with E-state index < -0.39 is 19.1 Å². The Morgan fingerprint density at radius 3 is 2.79 bits per heavy atom. The number of halogens is 2. The third-order valence-electron chi connectivity index (χ3n) is 5.75. The molecule has 0 radical (unpaired) electrons. The van der Waals surface area contributed by atoms with Crippen LogP contribution in [0.2, 0.25) is 0 Å². The van der Waals surface area contributed by atoms with E-state index >= 15 is 0 Å². The fourth-order valence-corrected chi connectivity index (χ4v) is 4.47. The lowest BCUT2D eigenvalue weighted by atomic mass is 9.77. The van der Waals surface area contributed by atoms with Crippen molar-refractivity contribution in [1.82, 2.24) is 29.5 Å². The molecule has 0 aliphatic carbocycles. The van der Waals surface area contributed by atoms with Gasteiger partial charge in [0.2, 0.25) is 5.88 Å². The van der Waals surface area contributed by atoms with Gasteiger partial charge in [-0.15, -0.1) is 0 Å². The zero-order chi connectivity index (χ0) is 24.5. The van der Waals surface area contributed by atoms with Gasteiger partial charge in [0.25, 0.3) is 6.43 Å². The molecule has 3 aromatic heterocycles. The predicted molar refractivity (Wildman–Crippen MR) is 120 cm³/mol. The molecule has 3 aromatic rings. The lowest BCUT2D eigenvalue weighted by molar-refractivity contribution is 0.0518. The number of hydrogen-bond acceptors (Lipinski definition) is 7. The Hall–Kier alpha value is -3.57. The van der Waals surface area contributed by atoms with E-state index in [0.717, 1.165) is 12.8 Å². The number of carboxylic acid groups (broad SMARTS) is 1. The van der Waals surface area contributed by atoms with Gasteiger partial charge in [0.1, 0.15) is 5.82 Å². The molecule has 10 nitrogen and oxygen atoms in total. The van der Waals surface area contributed by atoms with Crippen molar-refractivity contribution in [3.63, 3.8) is 0 Å². The van der Waals surface area contributed by atoms with E-state index in [2.05, 4.69) is 25.4 Å². The quantitative estimate of drug-likeness (QED) is 0.553. The molecule has 0 saturated carbocycles. The van der Waals surface area contributed by atoms with E-state index in [9.17, 15) is 18.7 Å². The smallest absolute Gasteiger partial charge is 0.407 e. The van der Waals surface area contributed by atoms with E-state index in [1.165, 1.54) is 21.8 Å². The first kappa shape index (κ1) is 23.6. The molecule has 0 bridgehead atoms. The van der Waals surface area contributed by atoms with Gasteiger partial charge in [-0.3, -0.25) is 4.98 Å². The number of amides is 1. The number of rotatable bonds is 6. The molecular formula is C22H27F2N7O3. The molecule has 1 saturated heterocycles. The van der Waals surface area contributed by atoms with Gasteiger partial charge in [-0.05, 0) is 18.3 Å². The van der Waals surface area contributed by atoms with Crippen molar-refractivity contribution in [3.8, 4) is 17.1 Å². The maximum Gasteiger partial charge on any atom is 0.407 e. The van der Waals surface area contributed by atoms with E-state index in [1.807, 2.05) is 20.8 Å². The second-order valence-electron chi connectivity index (χ2n) is 9.29. The van der Waals surface area contributed by atoms with Crippen LogP contribution >= 0.6 is 0 Å². The summed E-state index contributed by atoms with van der Waals surface area (Å²) in [5.41, 5.74) is 1.53. The van der Waals surface area contributed by atoms with Crippen LogP contribution in [-0.2, 0) is 0 Å². The van der Waals surface area contributed by atoms with Gasteiger partial charge in [0.15, 0.2) is 6.61 Å². The number of likely N-dealkylation sites (tertiary alicyclic amines) is 1. The molecule has 4 heterocycles. The Bertz CT molecular complexity index is 1160. The van der Waals surface area contributed by atoms with Crippen molar-refractivity contribution in [3.05, 3.63) is 31.0 Å². The predicted octanol–water partition coefficient (Wildman–Crippen LogP) is 3.80. The Morgan fingerprint density at radius 1 is 1.29 bits per heavy atom. The third kappa shape index (κ3) is 5.00. The van der Waals surface area contributed by atoms with Crippen LogP contribution in [0.1, 0.15) is 33.6 Å². The molecule has 0 spiro atoms. The molecule has 1 unspecified atom stereocenters. The highest BCUT2D eigenvalue weighted by Crippen LogP contribution is 2.34. The van der Waals surface area contributed by atoms with E-state index in [-0.39, 0.29) is 23.4 Å². The number of fused-ring (bicyclic) bond motifs is 1. The minimum Gasteiger partial charge on any atom is -0.470 e. The van der Waals surface area contributed by atoms with Crippen molar-refractivity contribution < 1.29 is 23.4 Å². The number of hydrogen-bond donors (Lipinski definition) is 2. The molecule has 2 atom stereocenters. The number of nitrogens with one attached hydrogen (secondary N) is 1. The largest absolute Gasteiger partial charge is 0.470 e. The number of piperidine rings is 1. The van der Waals surface area contributed by atoms with Gasteiger partial charge in [-0.1, -0.05) is 20.8 Å². The summed E-state index contributed by atoms with van der Waals surface area (Å²) in [5, 5.41) is 17.4. The summed E-state index contributed by atoms with van der Waals surface area (Å²) in [6, 6.07) is -0.369. The SMILES string of the molecule is CC(C)(C)C1[C@H](Nc2cncc(-c3cnn4cc(OCC(F)F)ncc34)n2)CCCN1C(=O)O. The fraction of sp³-hybridized carbons (Fsp3) is 0.500. The fourth-order valence-electron chi connectivity index (χ4n) is 4.47. The first-order valence-corrected chi connectivity index (χ1v) is 11.0.